The molecule has 1 aliphatic rings. The van der Waals surface area contributed by atoms with Crippen molar-refractivity contribution in [1.29, 1.82) is 0 Å². The summed E-state index contributed by atoms with van der Waals surface area (Å²) in [6.07, 6.45) is 0. The van der Waals surface area contributed by atoms with Crippen molar-refractivity contribution in [3.8, 4) is 0 Å². The monoisotopic (exact) mass is 170 g/mol. The Morgan fingerprint density at radius 1 is 1.17 bits per heavy atom. The van der Waals surface area contributed by atoms with Gasteiger partial charge in [0, 0.05) is 0 Å². The van der Waals surface area contributed by atoms with Gasteiger partial charge < -0.3 is 4.74 Å². The summed E-state index contributed by atoms with van der Waals surface area (Å²) in [6, 6.07) is -0.875. The lowest BCUT2D eigenvalue weighted by Crippen LogP contribution is -2.49. The maximum absolute atomic E-state index is 10.9. The molecule has 12 heavy (non-hydrogen) atoms. The standard InChI is InChI=1S/C8H12NO3/c1-5(10)7-3-12-4-8(9-7)6(2)11/h7-8H,3-4H2,1-2H3. The van der Waals surface area contributed by atoms with Crippen LogP contribution in [0.3, 0.4) is 0 Å². The van der Waals surface area contributed by atoms with Crippen LogP contribution in [0.5, 0.6) is 0 Å². The van der Waals surface area contributed by atoms with E-state index >= 15 is 0 Å². The van der Waals surface area contributed by atoms with E-state index in [1.165, 1.54) is 13.8 Å². The lowest BCUT2D eigenvalue weighted by atomic mass is 10.1. The van der Waals surface area contributed by atoms with Crippen molar-refractivity contribution in [1.82, 2.24) is 5.32 Å². The molecule has 2 atom stereocenters. The van der Waals surface area contributed by atoms with Crippen LogP contribution in [0.15, 0.2) is 0 Å². The van der Waals surface area contributed by atoms with Crippen molar-refractivity contribution < 1.29 is 14.3 Å². The van der Waals surface area contributed by atoms with Gasteiger partial charge in [-0.15, -0.1) is 0 Å². The quantitative estimate of drug-likeness (QED) is 0.563. The second-order valence-electron chi connectivity index (χ2n) is 2.94. The predicted octanol–water partition coefficient (Wildman–Crippen LogP) is -0.464. The molecule has 0 aromatic heterocycles. The molecule has 0 amide bonds. The number of carbonyl (C=O) groups excluding carboxylic acids is 2. The van der Waals surface area contributed by atoms with Crippen LogP contribution in [0.1, 0.15) is 13.8 Å². The van der Waals surface area contributed by atoms with Gasteiger partial charge >= 0.3 is 0 Å². The fourth-order valence-corrected chi connectivity index (χ4v) is 1.04. The van der Waals surface area contributed by atoms with E-state index in [0.29, 0.717) is 13.2 Å². The third-order valence-corrected chi connectivity index (χ3v) is 1.85. The van der Waals surface area contributed by atoms with Crippen LogP contribution >= 0.6 is 0 Å². The number of ether oxygens (including phenoxy) is 1. The van der Waals surface area contributed by atoms with Gasteiger partial charge in [0.2, 0.25) is 0 Å². The fourth-order valence-electron chi connectivity index (χ4n) is 1.04. The van der Waals surface area contributed by atoms with E-state index in [0.717, 1.165) is 0 Å². The molecular weight excluding hydrogens is 158 g/mol. The van der Waals surface area contributed by atoms with Crippen LogP contribution in [0.2, 0.25) is 0 Å². The average Bonchev–Trinajstić information content (AvgIpc) is 2.04. The molecule has 0 bridgehead atoms. The first kappa shape index (κ1) is 9.35. The van der Waals surface area contributed by atoms with Crippen molar-refractivity contribution in [3.63, 3.8) is 0 Å². The maximum atomic E-state index is 10.9. The van der Waals surface area contributed by atoms with Crippen molar-refractivity contribution in [2.75, 3.05) is 13.2 Å². The smallest absolute Gasteiger partial charge is 0.150 e. The van der Waals surface area contributed by atoms with E-state index in [1.807, 2.05) is 0 Å². The Bertz CT molecular complexity index is 182. The Hall–Kier alpha value is -0.740. The SMILES string of the molecule is CC(=O)C1COCC(C(C)=O)[N]1. The molecule has 0 aromatic carbocycles. The molecular formula is C8H12NO3. The molecule has 0 spiro atoms. The highest BCUT2D eigenvalue weighted by Gasteiger charge is 2.28. The van der Waals surface area contributed by atoms with E-state index in [2.05, 4.69) is 5.32 Å². The highest BCUT2D eigenvalue weighted by molar-refractivity contribution is 5.85. The summed E-state index contributed by atoms with van der Waals surface area (Å²) in [4.78, 5) is 21.8. The van der Waals surface area contributed by atoms with Crippen LogP contribution in [0, 0.1) is 0 Å². The van der Waals surface area contributed by atoms with Crippen molar-refractivity contribution >= 4 is 11.6 Å². The second-order valence-corrected chi connectivity index (χ2v) is 2.94. The third kappa shape index (κ3) is 2.12. The van der Waals surface area contributed by atoms with Gasteiger partial charge in [0.05, 0.1) is 13.2 Å². The number of ketones is 2. The molecule has 0 saturated carbocycles. The molecule has 1 radical (unpaired) electrons. The first-order chi connectivity index (χ1) is 5.61. The highest BCUT2D eigenvalue weighted by atomic mass is 16.5. The molecule has 1 fully saturated rings. The van der Waals surface area contributed by atoms with Gasteiger partial charge in [-0.2, -0.15) is 0 Å². The van der Waals surface area contributed by atoms with E-state index in [4.69, 9.17) is 4.74 Å². The summed E-state index contributed by atoms with van der Waals surface area (Å²) < 4.78 is 5.08. The summed E-state index contributed by atoms with van der Waals surface area (Å²) in [6.45, 7) is 3.55. The van der Waals surface area contributed by atoms with Crippen LogP contribution in [0.25, 0.3) is 0 Å². The van der Waals surface area contributed by atoms with Crippen LogP contribution in [-0.4, -0.2) is 36.9 Å². The van der Waals surface area contributed by atoms with E-state index < -0.39 is 12.1 Å². The zero-order valence-corrected chi connectivity index (χ0v) is 7.24. The highest BCUT2D eigenvalue weighted by Crippen LogP contribution is 2.03. The number of carbonyl (C=O) groups is 2. The number of rotatable bonds is 2. The lowest BCUT2D eigenvalue weighted by molar-refractivity contribution is -0.127. The van der Waals surface area contributed by atoms with Gasteiger partial charge in [-0.3, -0.25) is 9.59 Å². The molecule has 1 rings (SSSR count). The zero-order chi connectivity index (χ0) is 9.14. The van der Waals surface area contributed by atoms with E-state index in [1.54, 1.807) is 0 Å². The van der Waals surface area contributed by atoms with Crippen molar-refractivity contribution in [2.24, 2.45) is 0 Å². The van der Waals surface area contributed by atoms with Gasteiger partial charge in [0.25, 0.3) is 0 Å². The zero-order valence-electron chi connectivity index (χ0n) is 7.24. The molecule has 0 N–H and O–H groups in total. The Balaban J connectivity index is 2.51. The molecule has 67 valence electrons. The molecule has 1 aliphatic heterocycles. The summed E-state index contributed by atoms with van der Waals surface area (Å²) >= 11 is 0. The minimum Gasteiger partial charge on any atom is -0.377 e. The Labute approximate surface area is 71.3 Å². The minimum atomic E-state index is -0.437. The molecule has 4 nitrogen and oxygen atoms in total. The van der Waals surface area contributed by atoms with Gasteiger partial charge in [0.1, 0.15) is 12.1 Å². The summed E-state index contributed by atoms with van der Waals surface area (Å²) in [5, 5.41) is 4.06. The van der Waals surface area contributed by atoms with Crippen LogP contribution in [-0.2, 0) is 14.3 Å². The van der Waals surface area contributed by atoms with Gasteiger partial charge in [-0.05, 0) is 13.8 Å². The summed E-state index contributed by atoms with van der Waals surface area (Å²) in [7, 11) is 0. The Morgan fingerprint density at radius 3 is 1.92 bits per heavy atom. The minimum absolute atomic E-state index is 0.0408. The maximum Gasteiger partial charge on any atom is 0.150 e. The topological polar surface area (TPSA) is 57.5 Å². The second kappa shape index (κ2) is 3.78. The first-order valence-electron chi connectivity index (χ1n) is 3.90. The molecule has 1 saturated heterocycles. The summed E-state index contributed by atoms with van der Waals surface area (Å²) in [5.74, 6) is -0.0816. The van der Waals surface area contributed by atoms with Crippen LogP contribution in [0.4, 0.5) is 0 Å². The molecule has 0 aromatic rings. The van der Waals surface area contributed by atoms with Crippen LogP contribution < -0.4 is 5.32 Å². The molecule has 2 unspecified atom stereocenters. The largest absolute Gasteiger partial charge is 0.377 e. The Kier molecular flexibility index (Phi) is 2.94. The van der Waals surface area contributed by atoms with Gasteiger partial charge in [0.15, 0.2) is 11.6 Å². The number of hydrogen-bond donors (Lipinski definition) is 0. The van der Waals surface area contributed by atoms with Crippen molar-refractivity contribution in [3.05, 3.63) is 0 Å². The third-order valence-electron chi connectivity index (χ3n) is 1.85. The number of nitrogens with zero attached hydrogens (tertiary/aromatic N) is 1. The number of morpholine rings is 1. The summed E-state index contributed by atoms with van der Waals surface area (Å²) in [5.41, 5.74) is 0. The van der Waals surface area contributed by atoms with Crippen molar-refractivity contribution in [2.45, 2.75) is 25.9 Å². The molecule has 1 heterocycles. The fraction of sp³-hybridized carbons (Fsp3) is 0.750. The van der Waals surface area contributed by atoms with Gasteiger partial charge in [-0.25, -0.2) is 5.32 Å². The average molecular weight is 170 g/mol. The van der Waals surface area contributed by atoms with Gasteiger partial charge in [-0.1, -0.05) is 0 Å². The normalized spacial score (nSPS) is 29.8. The first-order valence-corrected chi connectivity index (χ1v) is 3.90. The van der Waals surface area contributed by atoms with E-state index in [-0.39, 0.29) is 11.6 Å². The number of hydrogen-bond acceptors (Lipinski definition) is 3. The van der Waals surface area contributed by atoms with E-state index in [9.17, 15) is 9.59 Å². The molecule has 4 heteroatoms. The predicted molar refractivity (Wildman–Crippen MR) is 41.9 cm³/mol. The number of Topliss-reactive ketones (excluding diaryl/α,β-unsaturated/α-hetero) is 2. The molecule has 0 aliphatic carbocycles. The lowest BCUT2D eigenvalue weighted by Gasteiger charge is -2.25. The Morgan fingerprint density at radius 2 is 1.58 bits per heavy atom.